The lowest BCUT2D eigenvalue weighted by molar-refractivity contribution is 0.0822. The number of hydrogen-bond donors (Lipinski definition) is 4. The van der Waals surface area contributed by atoms with E-state index in [0.717, 1.165) is 49.9 Å². The molecule has 0 saturated heterocycles. The molecule has 5 rings (SSSR count). The Morgan fingerprint density at radius 3 is 2.56 bits per heavy atom. The standard InChI is InChI=1S/C35H43N3O3/c1-23(2)27-11-7-12-30(19-27)35(13-14-35)37-22-33(40)32-17-26-10-6-9-25(16-26)8-4-5-15-36-31-20-28(24(3)39)18-29(21-31)34(41)38-32/h6-7,9-12,16,18-21,23,32-33,36-37,40H,4-5,8,13-15,17,22H2,1-3H3,(H,38,41)/t32-,33+/m1/s1. The molecule has 1 amide bonds. The molecule has 0 radical (unpaired) electrons. The number of ketones is 1. The average Bonchev–Trinajstić information content (AvgIpc) is 3.76. The first-order chi connectivity index (χ1) is 19.7. The van der Waals surface area contributed by atoms with E-state index in [0.29, 0.717) is 30.0 Å². The largest absolute Gasteiger partial charge is 0.390 e. The van der Waals surface area contributed by atoms with E-state index in [4.69, 9.17) is 0 Å². The molecule has 1 fully saturated rings. The van der Waals surface area contributed by atoms with Gasteiger partial charge in [0.15, 0.2) is 5.78 Å². The number of rotatable bonds is 7. The van der Waals surface area contributed by atoms with Crippen LogP contribution in [-0.4, -0.2) is 42.0 Å². The third-order valence-electron chi connectivity index (χ3n) is 8.56. The monoisotopic (exact) mass is 553 g/mol. The van der Waals surface area contributed by atoms with Gasteiger partial charge in [-0.05, 0) is 91.8 Å². The summed E-state index contributed by atoms with van der Waals surface area (Å²) in [6.07, 6.45) is 4.72. The fraction of sp³-hybridized carbons (Fsp3) is 0.429. The number of carbonyl (C=O) groups excluding carboxylic acids is 2. The first-order valence-corrected chi connectivity index (χ1v) is 15.0. The number of carbonyl (C=O) groups is 2. The Morgan fingerprint density at radius 1 is 1.02 bits per heavy atom. The minimum absolute atomic E-state index is 0.0892. The Bertz CT molecular complexity index is 1390. The van der Waals surface area contributed by atoms with Gasteiger partial charge in [0.2, 0.25) is 0 Å². The van der Waals surface area contributed by atoms with E-state index in [2.05, 4.69) is 78.3 Å². The predicted octanol–water partition coefficient (Wildman–Crippen LogP) is 5.74. The van der Waals surface area contributed by atoms with Crippen molar-refractivity contribution in [3.8, 4) is 0 Å². The van der Waals surface area contributed by atoms with Crippen LogP contribution in [0.5, 0.6) is 0 Å². The fourth-order valence-electron chi connectivity index (χ4n) is 5.78. The smallest absolute Gasteiger partial charge is 0.251 e. The minimum atomic E-state index is -0.808. The van der Waals surface area contributed by atoms with Crippen LogP contribution in [-0.2, 0) is 18.4 Å². The second kappa shape index (κ2) is 12.6. The number of fused-ring (bicyclic) bond motifs is 4. The number of anilines is 1. The second-order valence-electron chi connectivity index (χ2n) is 12.2. The van der Waals surface area contributed by atoms with E-state index in [9.17, 15) is 14.7 Å². The maximum Gasteiger partial charge on any atom is 0.251 e. The molecule has 1 heterocycles. The van der Waals surface area contributed by atoms with E-state index in [1.807, 2.05) is 0 Å². The molecule has 1 aliphatic heterocycles. The second-order valence-corrected chi connectivity index (χ2v) is 12.2. The van der Waals surface area contributed by atoms with Crippen LogP contribution in [0, 0.1) is 0 Å². The van der Waals surface area contributed by atoms with E-state index in [1.165, 1.54) is 23.6 Å². The lowest BCUT2D eigenvalue weighted by Gasteiger charge is -2.28. The highest BCUT2D eigenvalue weighted by Crippen LogP contribution is 2.46. The van der Waals surface area contributed by atoms with Gasteiger partial charge in [0.1, 0.15) is 0 Å². The number of hydrogen-bond acceptors (Lipinski definition) is 5. The minimum Gasteiger partial charge on any atom is -0.390 e. The van der Waals surface area contributed by atoms with Gasteiger partial charge in [0.05, 0.1) is 12.1 Å². The van der Waals surface area contributed by atoms with Gasteiger partial charge in [-0.2, -0.15) is 0 Å². The quantitative estimate of drug-likeness (QED) is 0.280. The van der Waals surface area contributed by atoms with Gasteiger partial charge in [-0.15, -0.1) is 0 Å². The van der Waals surface area contributed by atoms with E-state index in [1.54, 1.807) is 18.2 Å². The summed E-state index contributed by atoms with van der Waals surface area (Å²) < 4.78 is 0. The summed E-state index contributed by atoms with van der Waals surface area (Å²) in [5, 5.41) is 21.7. The lowest BCUT2D eigenvalue weighted by Crippen LogP contribution is -2.50. The van der Waals surface area contributed by atoms with Crippen LogP contribution in [0.3, 0.4) is 0 Å². The molecule has 3 aromatic carbocycles. The highest BCUT2D eigenvalue weighted by atomic mass is 16.3. The van der Waals surface area contributed by atoms with Gasteiger partial charge in [-0.3, -0.25) is 9.59 Å². The topological polar surface area (TPSA) is 90.5 Å². The van der Waals surface area contributed by atoms with Crippen LogP contribution in [0.1, 0.15) is 95.3 Å². The molecule has 4 bridgehead atoms. The Hall–Kier alpha value is -3.48. The van der Waals surface area contributed by atoms with E-state index in [-0.39, 0.29) is 17.2 Å². The molecule has 216 valence electrons. The summed E-state index contributed by atoms with van der Waals surface area (Å²) in [5.41, 5.74) is 6.46. The first-order valence-electron chi connectivity index (χ1n) is 15.0. The van der Waals surface area contributed by atoms with Crippen LogP contribution in [0.25, 0.3) is 0 Å². The molecule has 1 aliphatic carbocycles. The number of amides is 1. The van der Waals surface area contributed by atoms with Gasteiger partial charge >= 0.3 is 0 Å². The molecule has 6 nitrogen and oxygen atoms in total. The van der Waals surface area contributed by atoms with Crippen molar-refractivity contribution in [2.75, 3.05) is 18.4 Å². The van der Waals surface area contributed by atoms with Crippen molar-refractivity contribution in [2.24, 2.45) is 0 Å². The van der Waals surface area contributed by atoms with Gasteiger partial charge in [-0.1, -0.05) is 62.4 Å². The number of nitrogens with one attached hydrogen (secondary N) is 3. The molecule has 1 saturated carbocycles. The molecule has 0 aromatic heterocycles. The van der Waals surface area contributed by atoms with Crippen LogP contribution in [0.4, 0.5) is 5.69 Å². The van der Waals surface area contributed by atoms with Crippen molar-refractivity contribution in [1.29, 1.82) is 0 Å². The number of benzene rings is 3. The van der Waals surface area contributed by atoms with Crippen molar-refractivity contribution in [3.63, 3.8) is 0 Å². The average molecular weight is 554 g/mol. The van der Waals surface area contributed by atoms with Crippen LogP contribution in [0.15, 0.2) is 66.7 Å². The summed E-state index contributed by atoms with van der Waals surface area (Å²) in [4.78, 5) is 25.8. The SMILES string of the molecule is CC(=O)c1cc2cc(c1)C(=O)N[C@@H]([C@@H](O)CNC1(c3cccc(C(C)C)c3)CC1)Cc1cccc(c1)CCCCN2. The summed E-state index contributed by atoms with van der Waals surface area (Å²) in [5.74, 6) is 0.0687. The molecule has 6 heteroatoms. The lowest BCUT2D eigenvalue weighted by atomic mass is 9.95. The van der Waals surface area contributed by atoms with Crippen molar-refractivity contribution in [3.05, 3.63) is 100 Å². The number of aliphatic hydroxyl groups excluding tert-OH is 1. The Kier molecular flexibility index (Phi) is 8.91. The third-order valence-corrected chi connectivity index (χ3v) is 8.56. The Morgan fingerprint density at radius 2 is 1.80 bits per heavy atom. The highest BCUT2D eigenvalue weighted by molar-refractivity contribution is 6.01. The van der Waals surface area contributed by atoms with Gasteiger partial charge in [-0.25, -0.2) is 0 Å². The van der Waals surface area contributed by atoms with Crippen molar-refractivity contribution in [2.45, 2.75) is 82.9 Å². The molecular formula is C35H43N3O3. The molecule has 4 N–H and O–H groups in total. The molecule has 41 heavy (non-hydrogen) atoms. The molecule has 2 atom stereocenters. The summed E-state index contributed by atoms with van der Waals surface area (Å²) in [6.45, 7) is 7.04. The number of aryl methyl sites for hydroxylation is 1. The predicted molar refractivity (Wildman–Crippen MR) is 165 cm³/mol. The molecule has 0 spiro atoms. The van der Waals surface area contributed by atoms with Gasteiger partial charge in [0.25, 0.3) is 5.91 Å². The van der Waals surface area contributed by atoms with E-state index < -0.39 is 12.1 Å². The van der Waals surface area contributed by atoms with Crippen molar-refractivity contribution < 1.29 is 14.7 Å². The van der Waals surface area contributed by atoms with Crippen LogP contribution in [0.2, 0.25) is 0 Å². The zero-order chi connectivity index (χ0) is 29.0. The number of Topliss-reactive ketones (excluding diaryl/α,β-unsaturated/α-hetero) is 1. The third kappa shape index (κ3) is 7.24. The normalized spacial score (nSPS) is 19.3. The van der Waals surface area contributed by atoms with Gasteiger partial charge in [0, 0.05) is 35.4 Å². The summed E-state index contributed by atoms with van der Waals surface area (Å²) in [6, 6.07) is 21.9. The molecule has 3 aromatic rings. The molecular weight excluding hydrogens is 510 g/mol. The fourth-order valence-corrected chi connectivity index (χ4v) is 5.78. The zero-order valence-corrected chi connectivity index (χ0v) is 24.5. The molecule has 2 aliphatic rings. The van der Waals surface area contributed by atoms with Crippen molar-refractivity contribution in [1.82, 2.24) is 10.6 Å². The Labute approximate surface area is 244 Å². The Balaban J connectivity index is 1.39. The maximum absolute atomic E-state index is 13.6. The summed E-state index contributed by atoms with van der Waals surface area (Å²) in [7, 11) is 0. The van der Waals surface area contributed by atoms with E-state index >= 15 is 0 Å². The zero-order valence-electron chi connectivity index (χ0n) is 24.5. The highest BCUT2D eigenvalue weighted by Gasteiger charge is 2.44. The number of aliphatic hydroxyl groups is 1. The summed E-state index contributed by atoms with van der Waals surface area (Å²) >= 11 is 0. The van der Waals surface area contributed by atoms with Gasteiger partial charge < -0.3 is 21.1 Å². The first kappa shape index (κ1) is 29.0. The molecule has 0 unspecified atom stereocenters. The van der Waals surface area contributed by atoms with Crippen LogP contribution >= 0.6 is 0 Å². The van der Waals surface area contributed by atoms with Crippen molar-refractivity contribution >= 4 is 17.4 Å². The maximum atomic E-state index is 13.6. The van der Waals surface area contributed by atoms with Crippen LogP contribution < -0.4 is 16.0 Å².